The number of phenols is 2. The molecule has 0 aromatic heterocycles. The first-order chi connectivity index (χ1) is 11.9. The number of benzene rings is 1. The van der Waals surface area contributed by atoms with E-state index in [4.69, 9.17) is 9.47 Å². The van der Waals surface area contributed by atoms with Crippen molar-refractivity contribution in [2.75, 3.05) is 45.7 Å². The lowest BCUT2D eigenvalue weighted by atomic mass is 10.2. The summed E-state index contributed by atoms with van der Waals surface area (Å²) in [6, 6.07) is 4.46. The zero-order valence-corrected chi connectivity index (χ0v) is 15.0. The van der Waals surface area contributed by atoms with Crippen molar-refractivity contribution in [2.24, 2.45) is 0 Å². The van der Waals surface area contributed by atoms with Gasteiger partial charge in [-0.25, -0.2) is 8.42 Å². The Balaban J connectivity index is 1.74. The maximum Gasteiger partial charge on any atom is 0.216 e. The average molecular weight is 372 g/mol. The molecule has 0 spiro atoms. The second-order valence-corrected chi connectivity index (χ2v) is 8.45. The molecule has 0 saturated carbocycles. The summed E-state index contributed by atoms with van der Waals surface area (Å²) < 4.78 is 37.4. The van der Waals surface area contributed by atoms with Crippen LogP contribution in [0.3, 0.4) is 0 Å². The Morgan fingerprint density at radius 1 is 1.28 bits per heavy atom. The van der Waals surface area contributed by atoms with Crippen LogP contribution in [0.15, 0.2) is 18.2 Å². The van der Waals surface area contributed by atoms with Gasteiger partial charge in [0, 0.05) is 33.3 Å². The number of sulfonamides is 1. The van der Waals surface area contributed by atoms with Gasteiger partial charge in [0.05, 0.1) is 31.1 Å². The van der Waals surface area contributed by atoms with E-state index < -0.39 is 10.0 Å². The molecule has 2 aliphatic heterocycles. The van der Waals surface area contributed by atoms with Crippen LogP contribution in [-0.2, 0) is 26.0 Å². The molecule has 2 atom stereocenters. The van der Waals surface area contributed by atoms with E-state index in [0.29, 0.717) is 32.8 Å². The predicted molar refractivity (Wildman–Crippen MR) is 90.9 cm³/mol. The second kappa shape index (κ2) is 7.46. The van der Waals surface area contributed by atoms with Crippen LogP contribution in [-0.4, -0.2) is 85.7 Å². The van der Waals surface area contributed by atoms with Crippen LogP contribution in [0.4, 0.5) is 0 Å². The van der Waals surface area contributed by atoms with E-state index in [9.17, 15) is 18.6 Å². The lowest BCUT2D eigenvalue weighted by molar-refractivity contribution is 0.0431. The minimum absolute atomic E-state index is 0.00442. The Morgan fingerprint density at radius 2 is 2.08 bits per heavy atom. The summed E-state index contributed by atoms with van der Waals surface area (Å²) in [5.41, 5.74) is 0.845. The molecule has 2 aliphatic rings. The number of rotatable bonds is 5. The van der Waals surface area contributed by atoms with Crippen molar-refractivity contribution < 1.29 is 28.1 Å². The molecule has 2 saturated heterocycles. The summed E-state index contributed by atoms with van der Waals surface area (Å²) in [4.78, 5) is 2.10. The zero-order valence-electron chi connectivity index (χ0n) is 14.2. The first kappa shape index (κ1) is 18.4. The van der Waals surface area contributed by atoms with Gasteiger partial charge in [0.1, 0.15) is 0 Å². The van der Waals surface area contributed by atoms with Crippen LogP contribution in [0.5, 0.6) is 11.5 Å². The van der Waals surface area contributed by atoms with Gasteiger partial charge in [0.2, 0.25) is 10.0 Å². The van der Waals surface area contributed by atoms with Crippen LogP contribution in [0.1, 0.15) is 5.56 Å². The zero-order chi connectivity index (χ0) is 18.0. The fourth-order valence-electron chi connectivity index (χ4n) is 3.44. The number of ether oxygens (including phenoxy) is 2. The van der Waals surface area contributed by atoms with Crippen molar-refractivity contribution in [1.29, 1.82) is 0 Å². The lowest BCUT2D eigenvalue weighted by Crippen LogP contribution is -2.47. The molecule has 2 N–H and O–H groups in total. The van der Waals surface area contributed by atoms with Crippen molar-refractivity contribution in [3.63, 3.8) is 0 Å². The highest BCUT2D eigenvalue weighted by atomic mass is 32.2. The first-order valence-corrected chi connectivity index (χ1v) is 9.85. The molecule has 0 radical (unpaired) electrons. The number of hydrogen-bond donors (Lipinski definition) is 2. The van der Waals surface area contributed by atoms with Crippen molar-refractivity contribution in [1.82, 2.24) is 9.21 Å². The minimum atomic E-state index is -3.37. The number of nitrogens with zero attached hydrogens (tertiary/aromatic N) is 2. The lowest BCUT2D eigenvalue weighted by Gasteiger charge is -2.28. The average Bonchev–Trinajstić information content (AvgIpc) is 2.88. The Labute approximate surface area is 147 Å². The smallest absolute Gasteiger partial charge is 0.216 e. The molecule has 1 aromatic carbocycles. The summed E-state index contributed by atoms with van der Waals surface area (Å²) in [5.74, 6) is -0.322. The number of aromatic hydroxyl groups is 2. The molecule has 8 nitrogen and oxygen atoms in total. The maximum atomic E-state index is 12.5. The number of likely N-dealkylation sites (tertiary alicyclic amines) is 1. The van der Waals surface area contributed by atoms with E-state index >= 15 is 0 Å². The molecule has 25 heavy (non-hydrogen) atoms. The van der Waals surface area contributed by atoms with E-state index in [0.717, 1.165) is 5.56 Å². The van der Waals surface area contributed by atoms with Crippen molar-refractivity contribution in [2.45, 2.75) is 18.7 Å². The third kappa shape index (κ3) is 4.06. The van der Waals surface area contributed by atoms with Gasteiger partial charge in [-0.05, 0) is 17.7 Å². The van der Waals surface area contributed by atoms with Crippen molar-refractivity contribution in [3.8, 4) is 11.5 Å². The van der Waals surface area contributed by atoms with E-state index in [1.54, 1.807) is 13.2 Å². The number of methoxy groups -OCH3 is 1. The van der Waals surface area contributed by atoms with Gasteiger partial charge in [-0.2, -0.15) is 4.31 Å². The number of phenolic OH excluding ortho intramolecular Hbond substituents is 2. The molecule has 0 aliphatic carbocycles. The van der Waals surface area contributed by atoms with Gasteiger partial charge in [-0.1, -0.05) is 6.07 Å². The Hall–Kier alpha value is -1.39. The third-order valence-electron chi connectivity index (χ3n) is 4.67. The van der Waals surface area contributed by atoms with E-state index in [2.05, 4.69) is 4.90 Å². The SMILES string of the molecule is COCCN1[C@@H]2CN(Cc3ccc(O)c(O)c3)C[C@@H]2OCCS1(=O)=O. The van der Waals surface area contributed by atoms with Crippen LogP contribution < -0.4 is 0 Å². The standard InChI is InChI=1S/C16H24N2O6S/c1-23-5-4-18-13-10-17(9-12-2-3-14(19)15(20)8-12)11-16(13)24-6-7-25(18,21)22/h2-3,8,13,16,19-20H,4-7,9-11H2,1H3/t13-,16+/m1/s1. The summed E-state index contributed by atoms with van der Waals surface area (Å²) in [5, 5.41) is 19.0. The van der Waals surface area contributed by atoms with E-state index in [1.807, 2.05) is 0 Å². The minimum Gasteiger partial charge on any atom is -0.504 e. The normalized spacial score (nSPS) is 27.1. The highest BCUT2D eigenvalue weighted by Gasteiger charge is 2.44. The van der Waals surface area contributed by atoms with Crippen LogP contribution >= 0.6 is 0 Å². The van der Waals surface area contributed by atoms with E-state index in [1.165, 1.54) is 16.4 Å². The highest BCUT2D eigenvalue weighted by Crippen LogP contribution is 2.29. The van der Waals surface area contributed by atoms with Gasteiger partial charge in [-0.15, -0.1) is 0 Å². The van der Waals surface area contributed by atoms with Gasteiger partial charge in [-0.3, -0.25) is 4.90 Å². The summed E-state index contributed by atoms with van der Waals surface area (Å²) in [6.45, 7) is 2.56. The topological polar surface area (TPSA) is 99.5 Å². The van der Waals surface area contributed by atoms with Crippen LogP contribution in [0.2, 0.25) is 0 Å². The third-order valence-corrected chi connectivity index (χ3v) is 6.53. The fraction of sp³-hybridized carbons (Fsp3) is 0.625. The Bertz CT molecular complexity index is 711. The van der Waals surface area contributed by atoms with Gasteiger partial charge in [0.25, 0.3) is 0 Å². The van der Waals surface area contributed by atoms with Crippen molar-refractivity contribution >= 4 is 10.0 Å². The largest absolute Gasteiger partial charge is 0.504 e. The summed E-state index contributed by atoms with van der Waals surface area (Å²) >= 11 is 0. The van der Waals surface area contributed by atoms with E-state index in [-0.39, 0.29) is 36.0 Å². The number of hydrogen-bond acceptors (Lipinski definition) is 7. The van der Waals surface area contributed by atoms with Crippen LogP contribution in [0.25, 0.3) is 0 Å². The summed E-state index contributed by atoms with van der Waals surface area (Å²) in [6.07, 6.45) is -0.181. The quantitative estimate of drug-likeness (QED) is 0.700. The Kier molecular flexibility index (Phi) is 5.49. The molecule has 2 fully saturated rings. The monoisotopic (exact) mass is 372 g/mol. The van der Waals surface area contributed by atoms with Crippen LogP contribution in [0, 0.1) is 0 Å². The molecule has 3 rings (SSSR count). The first-order valence-electron chi connectivity index (χ1n) is 8.24. The molecule has 1 aromatic rings. The molecule has 0 bridgehead atoms. The highest BCUT2D eigenvalue weighted by molar-refractivity contribution is 7.89. The fourth-order valence-corrected chi connectivity index (χ4v) is 4.95. The predicted octanol–water partition coefficient (Wildman–Crippen LogP) is -0.0410. The molecular formula is C16H24N2O6S. The second-order valence-electron chi connectivity index (χ2n) is 6.41. The Morgan fingerprint density at radius 3 is 2.80 bits per heavy atom. The molecule has 2 heterocycles. The van der Waals surface area contributed by atoms with Gasteiger partial charge >= 0.3 is 0 Å². The molecular weight excluding hydrogens is 348 g/mol. The molecule has 9 heteroatoms. The summed E-state index contributed by atoms with van der Waals surface area (Å²) in [7, 11) is -1.81. The van der Waals surface area contributed by atoms with Crippen molar-refractivity contribution in [3.05, 3.63) is 23.8 Å². The van der Waals surface area contributed by atoms with Gasteiger partial charge < -0.3 is 19.7 Å². The maximum absolute atomic E-state index is 12.5. The molecule has 0 unspecified atom stereocenters. The molecule has 140 valence electrons. The number of fused-ring (bicyclic) bond motifs is 1. The van der Waals surface area contributed by atoms with Gasteiger partial charge in [0.15, 0.2) is 11.5 Å². The molecule has 0 amide bonds.